The van der Waals surface area contributed by atoms with Crippen molar-refractivity contribution < 1.29 is 19.1 Å². The smallest absolute Gasteiger partial charge is 0.266 e. The van der Waals surface area contributed by atoms with Gasteiger partial charge in [-0.15, -0.1) is 0 Å². The van der Waals surface area contributed by atoms with E-state index in [9.17, 15) is 9.59 Å². The molecule has 6 nitrogen and oxygen atoms in total. The van der Waals surface area contributed by atoms with E-state index in [1.54, 1.807) is 47.4 Å². The summed E-state index contributed by atoms with van der Waals surface area (Å²) in [5.74, 6) is 0.285. The molecule has 1 aliphatic heterocycles. The number of hydrogen-bond acceptors (Lipinski definition) is 6. The van der Waals surface area contributed by atoms with Crippen LogP contribution in [0, 0.1) is 0 Å². The van der Waals surface area contributed by atoms with Gasteiger partial charge in [-0.3, -0.25) is 14.5 Å². The summed E-state index contributed by atoms with van der Waals surface area (Å²) in [6.07, 6.45) is 1.77. The van der Waals surface area contributed by atoms with Crippen LogP contribution in [-0.4, -0.2) is 34.2 Å². The first-order valence-electron chi connectivity index (χ1n) is 11.7. The van der Waals surface area contributed by atoms with Crippen molar-refractivity contribution in [2.45, 2.75) is 19.9 Å². The van der Waals surface area contributed by atoms with Crippen LogP contribution in [0.1, 0.15) is 31.0 Å². The van der Waals surface area contributed by atoms with Crippen LogP contribution in [-0.2, 0) is 9.59 Å². The zero-order valence-electron chi connectivity index (χ0n) is 20.6. The van der Waals surface area contributed by atoms with E-state index >= 15 is 0 Å². The average molecular weight is 588 g/mol. The highest BCUT2D eigenvalue weighted by Crippen LogP contribution is 2.39. The Morgan fingerprint density at radius 2 is 1.84 bits per heavy atom. The molecule has 1 fully saturated rings. The number of thiocarbonyl (C=S) groups is 1. The Morgan fingerprint density at radius 3 is 2.58 bits per heavy atom. The Morgan fingerprint density at radius 1 is 1.08 bits per heavy atom. The van der Waals surface area contributed by atoms with E-state index in [2.05, 4.69) is 5.32 Å². The largest absolute Gasteiger partial charge is 0.490 e. The molecule has 1 heterocycles. The number of benzene rings is 3. The van der Waals surface area contributed by atoms with Crippen LogP contribution >= 0.6 is 47.2 Å². The molecule has 196 valence electrons. The second-order valence-corrected chi connectivity index (χ2v) is 10.7. The third kappa shape index (κ3) is 6.50. The second-order valence-electron chi connectivity index (χ2n) is 8.22. The van der Waals surface area contributed by atoms with Crippen molar-refractivity contribution >= 4 is 75.1 Å². The third-order valence-corrected chi connectivity index (χ3v) is 7.79. The summed E-state index contributed by atoms with van der Waals surface area (Å²) in [7, 11) is 0. The van der Waals surface area contributed by atoms with E-state index in [1.165, 1.54) is 11.8 Å². The number of rotatable bonds is 9. The van der Waals surface area contributed by atoms with Crippen LogP contribution < -0.4 is 14.8 Å². The van der Waals surface area contributed by atoms with Gasteiger partial charge in [-0.2, -0.15) is 0 Å². The van der Waals surface area contributed by atoms with Crippen LogP contribution in [0.15, 0.2) is 71.6 Å². The summed E-state index contributed by atoms with van der Waals surface area (Å²) >= 11 is 18.9. The van der Waals surface area contributed by atoms with E-state index in [1.807, 2.05) is 44.2 Å². The zero-order chi connectivity index (χ0) is 27.2. The molecule has 1 atom stereocenters. The van der Waals surface area contributed by atoms with Gasteiger partial charge in [-0.1, -0.05) is 89.6 Å². The molecule has 0 bridgehead atoms. The lowest BCUT2D eigenvalue weighted by Crippen LogP contribution is -2.30. The Bertz CT molecular complexity index is 1400. The fourth-order valence-corrected chi connectivity index (χ4v) is 5.54. The summed E-state index contributed by atoms with van der Waals surface area (Å²) in [6.45, 7) is 3.93. The molecule has 0 saturated carbocycles. The van der Waals surface area contributed by atoms with Crippen LogP contribution in [0.2, 0.25) is 10.0 Å². The molecule has 3 aromatic carbocycles. The second kappa shape index (κ2) is 12.7. The highest BCUT2D eigenvalue weighted by molar-refractivity contribution is 8.26. The topological polar surface area (TPSA) is 67.9 Å². The molecular weight excluding hydrogens is 563 g/mol. The maximum Gasteiger partial charge on any atom is 0.266 e. The number of hydrogen-bond donors (Lipinski definition) is 1. The number of carbonyl (C=O) groups excluding carboxylic acids is 2. The summed E-state index contributed by atoms with van der Waals surface area (Å²) in [5, 5.41) is 3.27. The molecule has 2 amide bonds. The van der Waals surface area contributed by atoms with E-state index in [0.717, 1.165) is 11.1 Å². The summed E-state index contributed by atoms with van der Waals surface area (Å²) in [6, 6.07) is 19.8. The standard InChI is InChI=1S/C28H24Cl2N2O4S2/c1-3-35-23-14-18(12-13-22(23)36-16-25(33)31-21-11-7-10-20(29)26(21)30)15-24-27(34)32(28(37)38-24)17(2)19-8-5-4-6-9-19/h4-15,17H,3,16H2,1-2H3,(H,31,33)/b24-15-/t17-/m0/s1. The number of anilines is 1. The van der Waals surface area contributed by atoms with Gasteiger partial charge < -0.3 is 14.8 Å². The van der Waals surface area contributed by atoms with Gasteiger partial charge >= 0.3 is 0 Å². The number of thioether (sulfide) groups is 1. The first kappa shape index (κ1) is 28.0. The maximum absolute atomic E-state index is 13.2. The number of halogens is 2. The van der Waals surface area contributed by atoms with Crippen LogP contribution in [0.5, 0.6) is 11.5 Å². The zero-order valence-corrected chi connectivity index (χ0v) is 23.7. The SMILES string of the molecule is CCOc1cc(/C=C2\SC(=S)N([C@@H](C)c3ccccc3)C2=O)ccc1OCC(=O)Nc1cccc(Cl)c1Cl. The molecule has 1 N–H and O–H groups in total. The first-order valence-corrected chi connectivity index (χ1v) is 13.7. The van der Waals surface area contributed by atoms with Gasteiger partial charge in [0.2, 0.25) is 0 Å². The fraction of sp³-hybridized carbons (Fsp3) is 0.179. The lowest BCUT2D eigenvalue weighted by atomic mass is 10.1. The fourth-order valence-electron chi connectivity index (χ4n) is 3.78. The lowest BCUT2D eigenvalue weighted by Gasteiger charge is -2.23. The van der Waals surface area contributed by atoms with Crippen molar-refractivity contribution in [2.75, 3.05) is 18.5 Å². The molecule has 0 unspecified atom stereocenters. The number of carbonyl (C=O) groups is 2. The van der Waals surface area contributed by atoms with Crippen LogP contribution in [0.3, 0.4) is 0 Å². The highest BCUT2D eigenvalue weighted by atomic mass is 35.5. The van der Waals surface area contributed by atoms with E-state index in [-0.39, 0.29) is 23.6 Å². The maximum atomic E-state index is 13.2. The molecular formula is C28H24Cl2N2O4S2. The van der Waals surface area contributed by atoms with E-state index in [4.69, 9.17) is 44.9 Å². The molecule has 0 aliphatic carbocycles. The van der Waals surface area contributed by atoms with Gasteiger partial charge in [0.05, 0.1) is 33.3 Å². The first-order chi connectivity index (χ1) is 18.3. The Hall–Kier alpha value is -3.04. The highest BCUT2D eigenvalue weighted by Gasteiger charge is 2.35. The Labute approximate surface area is 240 Å². The van der Waals surface area contributed by atoms with Gasteiger partial charge in [0.15, 0.2) is 18.1 Å². The Balaban J connectivity index is 1.47. The van der Waals surface area contributed by atoms with Crippen molar-refractivity contribution in [1.29, 1.82) is 0 Å². The molecule has 10 heteroatoms. The van der Waals surface area contributed by atoms with Gasteiger partial charge in [-0.05, 0) is 55.3 Å². The summed E-state index contributed by atoms with van der Waals surface area (Å²) in [4.78, 5) is 27.8. The number of ether oxygens (including phenoxy) is 2. The van der Waals surface area contributed by atoms with E-state index < -0.39 is 5.91 Å². The van der Waals surface area contributed by atoms with Crippen LogP contribution in [0.4, 0.5) is 5.69 Å². The Kier molecular flexibility index (Phi) is 9.33. The molecule has 0 aromatic heterocycles. The minimum atomic E-state index is -0.406. The molecule has 3 aromatic rings. The van der Waals surface area contributed by atoms with E-state index in [0.29, 0.717) is 38.0 Å². The number of nitrogens with one attached hydrogen (secondary N) is 1. The van der Waals surface area contributed by atoms with Crippen molar-refractivity contribution in [2.24, 2.45) is 0 Å². The molecule has 38 heavy (non-hydrogen) atoms. The summed E-state index contributed by atoms with van der Waals surface area (Å²) < 4.78 is 12.0. The monoisotopic (exact) mass is 586 g/mol. The molecule has 1 aliphatic rings. The predicted molar refractivity (Wildman–Crippen MR) is 158 cm³/mol. The quantitative estimate of drug-likeness (QED) is 0.208. The van der Waals surface area contributed by atoms with Crippen molar-refractivity contribution in [3.8, 4) is 11.5 Å². The minimum absolute atomic E-state index is 0.147. The normalized spacial score (nSPS) is 15.1. The van der Waals surface area contributed by atoms with Crippen molar-refractivity contribution in [1.82, 2.24) is 4.90 Å². The molecule has 0 spiro atoms. The number of nitrogens with zero attached hydrogens (tertiary/aromatic N) is 1. The molecule has 1 saturated heterocycles. The third-order valence-electron chi connectivity index (χ3n) is 5.64. The minimum Gasteiger partial charge on any atom is -0.490 e. The average Bonchev–Trinajstić information content (AvgIpc) is 3.18. The predicted octanol–water partition coefficient (Wildman–Crippen LogP) is 7.37. The van der Waals surface area contributed by atoms with Gasteiger partial charge in [0.25, 0.3) is 11.8 Å². The van der Waals surface area contributed by atoms with Crippen molar-refractivity contribution in [3.05, 3.63) is 92.8 Å². The van der Waals surface area contributed by atoms with Crippen molar-refractivity contribution in [3.63, 3.8) is 0 Å². The van der Waals surface area contributed by atoms with Crippen LogP contribution in [0.25, 0.3) is 6.08 Å². The van der Waals surface area contributed by atoms with Gasteiger partial charge in [0, 0.05) is 0 Å². The molecule has 4 rings (SSSR count). The molecule has 0 radical (unpaired) electrons. The number of amides is 2. The summed E-state index contributed by atoms with van der Waals surface area (Å²) in [5.41, 5.74) is 2.14. The van der Waals surface area contributed by atoms with Gasteiger partial charge in [-0.25, -0.2) is 0 Å². The van der Waals surface area contributed by atoms with Gasteiger partial charge in [0.1, 0.15) is 4.32 Å². The lowest BCUT2D eigenvalue weighted by molar-refractivity contribution is -0.123.